The van der Waals surface area contributed by atoms with Gasteiger partial charge >= 0.3 is 5.97 Å². The summed E-state index contributed by atoms with van der Waals surface area (Å²) >= 11 is 0. The highest BCUT2D eigenvalue weighted by molar-refractivity contribution is 6.05. The van der Waals surface area contributed by atoms with Crippen LogP contribution in [0.1, 0.15) is 28.8 Å². The molecular formula is C25H26FN5O7. The number of nitrogens with two attached hydrogens (primary N) is 1. The van der Waals surface area contributed by atoms with E-state index in [1.54, 1.807) is 0 Å². The Kier molecular flexibility index (Phi) is 7.69. The van der Waals surface area contributed by atoms with Crippen LogP contribution in [0.3, 0.4) is 0 Å². The number of halogens is 1. The number of amides is 3. The van der Waals surface area contributed by atoms with Crippen molar-refractivity contribution in [3.63, 3.8) is 0 Å². The second-order valence-electron chi connectivity index (χ2n) is 8.90. The van der Waals surface area contributed by atoms with Crippen molar-refractivity contribution in [1.82, 2.24) is 4.90 Å². The number of morpholine rings is 1. The minimum atomic E-state index is -1.91. The number of amidine groups is 1. The van der Waals surface area contributed by atoms with Crippen LogP contribution in [-0.2, 0) is 19.1 Å². The Bertz CT molecular complexity index is 1290. The molecule has 2 aromatic rings. The number of aliphatic hydroxyl groups excluding tert-OH is 1. The molecule has 12 nitrogen and oxygen atoms in total. The third kappa shape index (κ3) is 5.48. The molecule has 2 saturated heterocycles. The molecule has 0 spiro atoms. The highest BCUT2D eigenvalue weighted by Crippen LogP contribution is 2.26. The number of carboxylic acid groups (broad SMARTS) is 1. The maximum atomic E-state index is 14.5. The summed E-state index contributed by atoms with van der Waals surface area (Å²) in [7, 11) is 0. The molecule has 4 rings (SSSR count). The van der Waals surface area contributed by atoms with Gasteiger partial charge in [-0.2, -0.15) is 0 Å². The Labute approximate surface area is 216 Å². The van der Waals surface area contributed by atoms with Crippen molar-refractivity contribution in [2.75, 3.05) is 29.9 Å². The van der Waals surface area contributed by atoms with Gasteiger partial charge in [0.05, 0.1) is 6.61 Å². The van der Waals surface area contributed by atoms with E-state index in [4.69, 9.17) is 15.9 Å². The zero-order chi connectivity index (χ0) is 27.6. The standard InChI is InChI=1S/C25H26FN5O7/c26-15-10-14(23(34)31-7-1-2-18(31)25(36)37)11-17(12-15)30-8-9-38-20(24(30)35)19(32)22(33)29-16-5-3-13(4-6-16)21(27)28/h3-6,10-12,18-20,32H,1-2,7-9H2,(H3,27,28)(H,29,33)(H,36,37)/t18-,19+,20+/m0/s1. The van der Waals surface area contributed by atoms with Crippen molar-refractivity contribution in [2.24, 2.45) is 5.73 Å². The van der Waals surface area contributed by atoms with Crippen molar-refractivity contribution in [3.05, 3.63) is 59.4 Å². The summed E-state index contributed by atoms with van der Waals surface area (Å²) in [4.78, 5) is 52.5. The number of benzene rings is 2. The molecule has 2 aromatic carbocycles. The first-order valence-electron chi connectivity index (χ1n) is 11.8. The molecular weight excluding hydrogens is 501 g/mol. The van der Waals surface area contributed by atoms with Crippen LogP contribution in [0.25, 0.3) is 0 Å². The molecule has 2 aliphatic heterocycles. The summed E-state index contributed by atoms with van der Waals surface area (Å²) in [5.74, 6) is -4.55. The number of nitrogens with one attached hydrogen (secondary N) is 2. The molecule has 2 aliphatic rings. The van der Waals surface area contributed by atoms with Gasteiger partial charge in [0, 0.05) is 35.6 Å². The van der Waals surface area contributed by atoms with Crippen LogP contribution < -0.4 is 16.0 Å². The summed E-state index contributed by atoms with van der Waals surface area (Å²) in [6, 6.07) is 8.18. The molecule has 13 heteroatoms. The first-order valence-corrected chi connectivity index (χ1v) is 11.8. The first kappa shape index (κ1) is 26.7. The van der Waals surface area contributed by atoms with Crippen molar-refractivity contribution >= 4 is 40.9 Å². The fourth-order valence-corrected chi connectivity index (χ4v) is 4.46. The van der Waals surface area contributed by atoms with Gasteiger partial charge in [-0.1, -0.05) is 0 Å². The molecule has 3 amide bonds. The second-order valence-corrected chi connectivity index (χ2v) is 8.90. The Morgan fingerprint density at radius 2 is 1.84 bits per heavy atom. The van der Waals surface area contributed by atoms with Gasteiger partial charge in [0.1, 0.15) is 17.7 Å². The van der Waals surface area contributed by atoms with E-state index in [1.807, 2.05) is 0 Å². The third-order valence-corrected chi connectivity index (χ3v) is 6.38. The smallest absolute Gasteiger partial charge is 0.326 e. The summed E-state index contributed by atoms with van der Waals surface area (Å²) in [5, 5.41) is 29.8. The number of ether oxygens (including phenoxy) is 1. The van der Waals surface area contributed by atoms with Gasteiger partial charge in [-0.05, 0) is 55.3 Å². The summed E-state index contributed by atoms with van der Waals surface area (Å²) in [6.45, 7) is 0.0920. The minimum Gasteiger partial charge on any atom is -0.480 e. The Balaban J connectivity index is 1.50. The largest absolute Gasteiger partial charge is 0.480 e. The number of rotatable bonds is 7. The lowest BCUT2D eigenvalue weighted by Crippen LogP contribution is -2.55. The average molecular weight is 528 g/mol. The molecule has 0 aliphatic carbocycles. The highest BCUT2D eigenvalue weighted by Gasteiger charge is 2.40. The predicted molar refractivity (Wildman–Crippen MR) is 132 cm³/mol. The van der Waals surface area contributed by atoms with Gasteiger partial charge in [-0.15, -0.1) is 0 Å². The van der Waals surface area contributed by atoms with E-state index in [2.05, 4.69) is 5.32 Å². The fourth-order valence-electron chi connectivity index (χ4n) is 4.46. The number of nitrogen functional groups attached to an aromatic ring is 1. The molecule has 2 heterocycles. The number of carbonyl (C=O) groups excluding carboxylic acids is 3. The van der Waals surface area contributed by atoms with Gasteiger partial charge in [0.2, 0.25) is 0 Å². The van der Waals surface area contributed by atoms with Crippen LogP contribution in [0.2, 0.25) is 0 Å². The maximum absolute atomic E-state index is 14.5. The Morgan fingerprint density at radius 3 is 2.50 bits per heavy atom. The number of aliphatic carboxylic acids is 1. The number of aliphatic hydroxyl groups is 1. The number of hydrogen-bond donors (Lipinski definition) is 5. The van der Waals surface area contributed by atoms with Crippen LogP contribution in [0.5, 0.6) is 0 Å². The Hall–Kier alpha value is -4.36. The molecule has 0 bridgehead atoms. The zero-order valence-electron chi connectivity index (χ0n) is 20.1. The lowest BCUT2D eigenvalue weighted by atomic mass is 10.1. The maximum Gasteiger partial charge on any atom is 0.326 e. The van der Waals surface area contributed by atoms with Crippen molar-refractivity contribution in [3.8, 4) is 0 Å². The van der Waals surface area contributed by atoms with Gasteiger partial charge in [0.15, 0.2) is 12.2 Å². The van der Waals surface area contributed by atoms with E-state index in [0.717, 1.165) is 21.9 Å². The van der Waals surface area contributed by atoms with Crippen molar-refractivity contribution in [2.45, 2.75) is 31.1 Å². The van der Waals surface area contributed by atoms with E-state index in [9.17, 15) is 33.8 Å². The number of hydrogen-bond acceptors (Lipinski definition) is 7. The minimum absolute atomic E-state index is 0.00477. The predicted octanol–water partition coefficient (Wildman–Crippen LogP) is 0.530. The number of carboxylic acids is 1. The molecule has 3 atom stereocenters. The number of anilines is 2. The number of likely N-dealkylation sites (tertiary alicyclic amines) is 1. The topological polar surface area (TPSA) is 186 Å². The van der Waals surface area contributed by atoms with Gasteiger partial charge < -0.3 is 35.8 Å². The molecule has 0 saturated carbocycles. The SMILES string of the molecule is N=C(N)c1ccc(NC(=O)[C@H](O)[C@H]2OCCN(c3cc(F)cc(C(=O)N4CCC[C@H]4C(=O)O)c3)C2=O)cc1. The van der Waals surface area contributed by atoms with E-state index >= 15 is 0 Å². The molecule has 200 valence electrons. The van der Waals surface area contributed by atoms with Crippen LogP contribution in [0.4, 0.5) is 15.8 Å². The lowest BCUT2D eigenvalue weighted by molar-refractivity contribution is -0.150. The van der Waals surface area contributed by atoms with E-state index < -0.39 is 47.8 Å². The van der Waals surface area contributed by atoms with Gasteiger partial charge in [0.25, 0.3) is 17.7 Å². The molecule has 0 radical (unpaired) electrons. The van der Waals surface area contributed by atoms with Gasteiger partial charge in [-0.25, -0.2) is 9.18 Å². The van der Waals surface area contributed by atoms with Crippen molar-refractivity contribution < 1.29 is 38.5 Å². The molecule has 6 N–H and O–H groups in total. The fraction of sp³-hybridized carbons (Fsp3) is 0.320. The summed E-state index contributed by atoms with van der Waals surface area (Å²) in [6.07, 6.45) is -2.73. The van der Waals surface area contributed by atoms with E-state index in [1.165, 1.54) is 30.3 Å². The number of carbonyl (C=O) groups is 4. The van der Waals surface area contributed by atoms with Crippen LogP contribution in [0, 0.1) is 11.2 Å². The van der Waals surface area contributed by atoms with Crippen molar-refractivity contribution in [1.29, 1.82) is 5.41 Å². The van der Waals surface area contributed by atoms with Crippen LogP contribution in [-0.4, -0.2) is 82.6 Å². The quantitative estimate of drug-likeness (QED) is 0.255. The normalized spacial score (nSPS) is 20.2. The monoisotopic (exact) mass is 527 g/mol. The van der Waals surface area contributed by atoms with Gasteiger partial charge in [-0.3, -0.25) is 19.8 Å². The zero-order valence-corrected chi connectivity index (χ0v) is 20.1. The molecule has 2 fully saturated rings. The highest BCUT2D eigenvalue weighted by atomic mass is 19.1. The third-order valence-electron chi connectivity index (χ3n) is 6.38. The number of nitrogens with zero attached hydrogens (tertiary/aromatic N) is 2. The molecule has 0 aromatic heterocycles. The van der Waals surface area contributed by atoms with Crippen LogP contribution >= 0.6 is 0 Å². The van der Waals surface area contributed by atoms with E-state index in [-0.39, 0.29) is 48.9 Å². The average Bonchev–Trinajstić information content (AvgIpc) is 3.38. The van der Waals surface area contributed by atoms with Crippen LogP contribution in [0.15, 0.2) is 42.5 Å². The van der Waals surface area contributed by atoms with E-state index in [0.29, 0.717) is 12.0 Å². The second kappa shape index (κ2) is 10.9. The lowest BCUT2D eigenvalue weighted by Gasteiger charge is -2.34. The summed E-state index contributed by atoms with van der Waals surface area (Å²) in [5.41, 5.74) is 6.00. The Morgan fingerprint density at radius 1 is 1.13 bits per heavy atom. The molecule has 38 heavy (non-hydrogen) atoms. The first-order chi connectivity index (χ1) is 18.1. The summed E-state index contributed by atoms with van der Waals surface area (Å²) < 4.78 is 19.9. The molecule has 0 unspecified atom stereocenters.